The Morgan fingerprint density at radius 2 is 2.06 bits per heavy atom. The average molecular weight is 435 g/mol. The van der Waals surface area contributed by atoms with Crippen LogP contribution in [0.15, 0.2) is 67.0 Å². The third kappa shape index (κ3) is 4.46. The van der Waals surface area contributed by atoms with Crippen LogP contribution in [-0.2, 0) is 9.53 Å². The Balaban J connectivity index is 1.72. The summed E-state index contributed by atoms with van der Waals surface area (Å²) in [6.45, 7) is 2.74. The van der Waals surface area contributed by atoms with Crippen LogP contribution >= 0.6 is 12.2 Å². The van der Waals surface area contributed by atoms with Crippen LogP contribution in [0.2, 0.25) is 0 Å². The van der Waals surface area contributed by atoms with Crippen LogP contribution in [0.1, 0.15) is 41.9 Å². The molecule has 0 unspecified atom stereocenters. The highest BCUT2D eigenvalue weighted by molar-refractivity contribution is 7.80. The van der Waals surface area contributed by atoms with Gasteiger partial charge in [-0.2, -0.15) is 0 Å². The molecule has 1 fully saturated rings. The lowest BCUT2D eigenvalue weighted by Gasteiger charge is -2.29. The molecule has 0 bridgehead atoms. The number of esters is 1. The first kappa shape index (κ1) is 21.1. The lowest BCUT2D eigenvalue weighted by molar-refractivity contribution is -0.140. The second-order valence-corrected chi connectivity index (χ2v) is 8.03. The van der Waals surface area contributed by atoms with Gasteiger partial charge in [-0.3, -0.25) is 9.78 Å². The van der Waals surface area contributed by atoms with Gasteiger partial charge in [-0.1, -0.05) is 18.2 Å². The lowest BCUT2D eigenvalue weighted by atomic mass is 10.0. The summed E-state index contributed by atoms with van der Waals surface area (Å²) in [6.07, 6.45) is 4.89. The molecule has 1 N–H and O–H groups in total. The van der Waals surface area contributed by atoms with E-state index in [1.165, 1.54) is 12.7 Å². The predicted octanol–water partition coefficient (Wildman–Crippen LogP) is 4.11. The number of nitrogens with one attached hydrogen (secondary N) is 1. The smallest absolute Gasteiger partial charge is 0.305 e. The molecule has 1 aromatic carbocycles. The maximum Gasteiger partial charge on any atom is 0.305 e. The van der Waals surface area contributed by atoms with Crippen molar-refractivity contribution in [3.63, 3.8) is 0 Å². The molecular weight excluding hydrogens is 408 g/mol. The monoisotopic (exact) mass is 434 g/mol. The average Bonchev–Trinajstić information content (AvgIpc) is 3.39. The minimum atomic E-state index is -0.209. The Kier molecular flexibility index (Phi) is 6.32. The molecule has 31 heavy (non-hydrogen) atoms. The Hall–Kier alpha value is -3.19. The van der Waals surface area contributed by atoms with E-state index in [2.05, 4.69) is 69.3 Å². The highest BCUT2D eigenvalue weighted by Gasteiger charge is 2.41. The lowest BCUT2D eigenvalue weighted by Crippen LogP contribution is -2.31. The number of rotatable bonds is 7. The number of aryl methyl sites for hydroxylation is 1. The zero-order valence-corrected chi connectivity index (χ0v) is 18.5. The quantitative estimate of drug-likeness (QED) is 0.446. The van der Waals surface area contributed by atoms with Crippen LogP contribution in [-0.4, -0.2) is 39.2 Å². The minimum absolute atomic E-state index is 0.0597. The van der Waals surface area contributed by atoms with Crippen molar-refractivity contribution in [2.75, 3.05) is 13.7 Å². The third-order valence-electron chi connectivity index (χ3n) is 5.57. The molecule has 2 aromatic heterocycles. The number of carbonyl (C=O) groups excluding carboxylic acids is 1. The molecule has 160 valence electrons. The van der Waals surface area contributed by atoms with Crippen LogP contribution in [0.3, 0.4) is 0 Å². The summed E-state index contributed by atoms with van der Waals surface area (Å²) in [6, 6.07) is 18.4. The van der Waals surface area contributed by atoms with E-state index in [0.29, 0.717) is 24.5 Å². The molecule has 6 nitrogen and oxygen atoms in total. The molecule has 0 aliphatic carbocycles. The van der Waals surface area contributed by atoms with Crippen LogP contribution in [0, 0.1) is 6.92 Å². The number of nitrogens with zero attached hydrogens (tertiary/aromatic N) is 3. The van der Waals surface area contributed by atoms with E-state index < -0.39 is 0 Å². The largest absolute Gasteiger partial charge is 0.469 e. The highest BCUT2D eigenvalue weighted by Crippen LogP contribution is 2.39. The van der Waals surface area contributed by atoms with Crippen molar-refractivity contribution in [1.82, 2.24) is 19.8 Å². The summed E-state index contributed by atoms with van der Waals surface area (Å²) in [5.74, 6) is -0.209. The van der Waals surface area contributed by atoms with Gasteiger partial charge in [-0.15, -0.1) is 0 Å². The van der Waals surface area contributed by atoms with Gasteiger partial charge in [0.15, 0.2) is 5.11 Å². The summed E-state index contributed by atoms with van der Waals surface area (Å²) < 4.78 is 7.00. The van der Waals surface area contributed by atoms with Gasteiger partial charge in [-0.25, -0.2) is 0 Å². The van der Waals surface area contributed by atoms with E-state index in [0.717, 1.165) is 17.1 Å². The molecule has 1 saturated heterocycles. The SMILES string of the molecule is COC(=O)CCCN1C(=S)N[C@H](c2ccccn2)[C@H]1c1cccn1-c1cccc(C)c1. The van der Waals surface area contributed by atoms with Crippen LogP contribution in [0.5, 0.6) is 0 Å². The van der Waals surface area contributed by atoms with Crippen molar-refractivity contribution in [3.05, 3.63) is 83.9 Å². The zero-order chi connectivity index (χ0) is 21.8. The first-order chi connectivity index (χ1) is 15.1. The number of aromatic nitrogens is 2. The Morgan fingerprint density at radius 1 is 1.19 bits per heavy atom. The minimum Gasteiger partial charge on any atom is -0.469 e. The number of hydrogen-bond donors (Lipinski definition) is 1. The topological polar surface area (TPSA) is 59.4 Å². The summed E-state index contributed by atoms with van der Waals surface area (Å²) in [7, 11) is 1.42. The van der Waals surface area contributed by atoms with Gasteiger partial charge < -0.3 is 19.5 Å². The first-order valence-corrected chi connectivity index (χ1v) is 10.8. The van der Waals surface area contributed by atoms with Crippen molar-refractivity contribution in [2.24, 2.45) is 0 Å². The maximum absolute atomic E-state index is 11.6. The van der Waals surface area contributed by atoms with Gasteiger partial charge in [0.2, 0.25) is 0 Å². The molecule has 0 radical (unpaired) electrons. The predicted molar refractivity (Wildman–Crippen MR) is 124 cm³/mol. The number of methoxy groups -OCH3 is 1. The highest BCUT2D eigenvalue weighted by atomic mass is 32.1. The molecule has 3 aromatic rings. The van der Waals surface area contributed by atoms with Gasteiger partial charge in [0.1, 0.15) is 0 Å². The number of ether oxygens (including phenoxy) is 1. The van der Waals surface area contributed by atoms with Crippen molar-refractivity contribution in [3.8, 4) is 5.69 Å². The molecule has 2 atom stereocenters. The normalized spacial score (nSPS) is 18.1. The van der Waals surface area contributed by atoms with Gasteiger partial charge >= 0.3 is 5.97 Å². The molecule has 1 aliphatic rings. The van der Waals surface area contributed by atoms with Crippen molar-refractivity contribution < 1.29 is 9.53 Å². The molecule has 3 heterocycles. The fraction of sp³-hybridized carbons (Fsp3) is 0.292. The Morgan fingerprint density at radius 3 is 2.81 bits per heavy atom. The maximum atomic E-state index is 11.6. The second-order valence-electron chi connectivity index (χ2n) is 7.64. The first-order valence-electron chi connectivity index (χ1n) is 10.4. The summed E-state index contributed by atoms with van der Waals surface area (Å²) in [5.41, 5.74) is 4.36. The van der Waals surface area contributed by atoms with Gasteiger partial charge in [0, 0.05) is 36.7 Å². The number of pyridine rings is 1. The summed E-state index contributed by atoms with van der Waals surface area (Å²) >= 11 is 5.72. The fourth-order valence-electron chi connectivity index (χ4n) is 4.11. The van der Waals surface area contributed by atoms with E-state index in [1.54, 1.807) is 6.20 Å². The molecule has 0 spiro atoms. The molecule has 0 amide bonds. The number of benzene rings is 1. The number of hydrogen-bond acceptors (Lipinski definition) is 4. The van der Waals surface area contributed by atoms with Crippen molar-refractivity contribution in [2.45, 2.75) is 31.8 Å². The Labute approximate surface area is 187 Å². The second kappa shape index (κ2) is 9.31. The van der Waals surface area contributed by atoms with Crippen LogP contribution in [0.25, 0.3) is 5.69 Å². The van der Waals surface area contributed by atoms with Crippen LogP contribution in [0.4, 0.5) is 0 Å². The van der Waals surface area contributed by atoms with Crippen LogP contribution < -0.4 is 5.32 Å². The number of carbonyl (C=O) groups is 1. The van der Waals surface area contributed by atoms with E-state index in [-0.39, 0.29) is 18.1 Å². The molecule has 4 rings (SSSR count). The van der Waals surface area contributed by atoms with Gasteiger partial charge in [0.05, 0.1) is 24.9 Å². The van der Waals surface area contributed by atoms with Crippen molar-refractivity contribution in [1.29, 1.82) is 0 Å². The molecule has 1 aliphatic heterocycles. The van der Waals surface area contributed by atoms with Gasteiger partial charge in [0.25, 0.3) is 0 Å². The zero-order valence-electron chi connectivity index (χ0n) is 17.7. The van der Waals surface area contributed by atoms with E-state index >= 15 is 0 Å². The standard InChI is InChI=1S/C24H26N4O2S/c1-17-8-5-9-18(16-17)27-14-6-11-20(27)23-22(19-10-3-4-13-25-19)26-24(31)28(23)15-7-12-21(29)30-2/h3-6,8-11,13-14,16,22-23H,7,12,15H2,1-2H3,(H,26,31)/t22-,23-/m1/s1. The van der Waals surface area contributed by atoms with E-state index in [4.69, 9.17) is 17.0 Å². The van der Waals surface area contributed by atoms with E-state index in [1.807, 2.05) is 18.2 Å². The summed E-state index contributed by atoms with van der Waals surface area (Å²) in [5, 5.41) is 4.14. The van der Waals surface area contributed by atoms with E-state index in [9.17, 15) is 4.79 Å². The fourth-order valence-corrected chi connectivity index (χ4v) is 4.44. The number of thiocarbonyl (C=S) groups is 1. The third-order valence-corrected chi connectivity index (χ3v) is 5.92. The summed E-state index contributed by atoms with van der Waals surface area (Å²) in [4.78, 5) is 18.4. The van der Waals surface area contributed by atoms with Crippen molar-refractivity contribution >= 4 is 23.3 Å². The van der Waals surface area contributed by atoms with Gasteiger partial charge in [-0.05, 0) is 67.5 Å². The molecule has 7 heteroatoms. The molecular formula is C24H26N4O2S. The Bertz CT molecular complexity index is 1070. The molecule has 0 saturated carbocycles.